The molecule has 0 bridgehead atoms. The minimum Gasteiger partial charge on any atom is -0.489 e. The van der Waals surface area contributed by atoms with Gasteiger partial charge in [-0.15, -0.1) is 0 Å². The van der Waals surface area contributed by atoms with Crippen LogP contribution in [0.2, 0.25) is 0 Å². The van der Waals surface area contributed by atoms with Crippen LogP contribution in [-0.2, 0) is 6.54 Å². The number of halogens is 1. The van der Waals surface area contributed by atoms with E-state index in [4.69, 9.17) is 4.74 Å². The summed E-state index contributed by atoms with van der Waals surface area (Å²) in [6.07, 6.45) is 1.75. The van der Waals surface area contributed by atoms with Gasteiger partial charge in [0.1, 0.15) is 17.4 Å². The van der Waals surface area contributed by atoms with Gasteiger partial charge in [0, 0.05) is 12.7 Å². The Labute approximate surface area is 152 Å². The third kappa shape index (κ3) is 4.92. The van der Waals surface area contributed by atoms with Crippen molar-refractivity contribution in [3.63, 3.8) is 0 Å². The molecule has 0 saturated heterocycles. The number of ether oxygens (including phenoxy) is 1. The lowest BCUT2D eigenvalue weighted by Crippen LogP contribution is -2.08. The fraction of sp³-hybridized carbons (Fsp3) is 0.200. The molecule has 0 saturated carbocycles. The smallest absolute Gasteiger partial charge is 0.229 e. The van der Waals surface area contributed by atoms with Crippen molar-refractivity contribution in [3.8, 4) is 5.75 Å². The van der Waals surface area contributed by atoms with E-state index in [0.717, 1.165) is 17.0 Å². The predicted octanol–water partition coefficient (Wildman–Crippen LogP) is 4.76. The van der Waals surface area contributed by atoms with Crippen LogP contribution >= 0.6 is 0 Å². The largest absolute Gasteiger partial charge is 0.489 e. The molecular formula is C20H21FN4O. The van der Waals surface area contributed by atoms with Crippen LogP contribution in [0.15, 0.2) is 60.8 Å². The lowest BCUT2D eigenvalue weighted by Gasteiger charge is -2.15. The van der Waals surface area contributed by atoms with Gasteiger partial charge in [0.15, 0.2) is 0 Å². The van der Waals surface area contributed by atoms with Gasteiger partial charge in [-0.1, -0.05) is 24.3 Å². The molecular weight excluding hydrogens is 331 g/mol. The highest BCUT2D eigenvalue weighted by Gasteiger charge is 2.07. The van der Waals surface area contributed by atoms with Crippen LogP contribution in [0.3, 0.4) is 0 Å². The number of nitrogens with one attached hydrogen (secondary N) is 2. The number of anilines is 3. The van der Waals surface area contributed by atoms with Crippen LogP contribution in [0.25, 0.3) is 0 Å². The van der Waals surface area contributed by atoms with Gasteiger partial charge in [0.25, 0.3) is 0 Å². The molecule has 0 unspecified atom stereocenters. The lowest BCUT2D eigenvalue weighted by molar-refractivity contribution is 0.244. The van der Waals surface area contributed by atoms with Gasteiger partial charge < -0.3 is 15.4 Å². The van der Waals surface area contributed by atoms with E-state index in [1.807, 2.05) is 38.1 Å². The maximum atomic E-state index is 13.0. The number of hydrogen-bond donors (Lipinski definition) is 2. The standard InChI is InChI=1S/C20H21FN4O/c1-14(2)26-18-6-4-3-5-17(18)24-20-22-12-11-19(25-20)23-13-15-7-9-16(21)10-8-15/h3-12,14H,13H2,1-2H3,(H2,22,23,24,25). The van der Waals surface area contributed by atoms with Crippen molar-refractivity contribution in [1.29, 1.82) is 0 Å². The third-order valence-electron chi connectivity index (χ3n) is 3.54. The summed E-state index contributed by atoms with van der Waals surface area (Å²) in [4.78, 5) is 8.71. The minimum atomic E-state index is -0.246. The van der Waals surface area contributed by atoms with E-state index in [-0.39, 0.29) is 11.9 Å². The topological polar surface area (TPSA) is 59.1 Å². The number of hydrogen-bond acceptors (Lipinski definition) is 5. The van der Waals surface area contributed by atoms with Gasteiger partial charge >= 0.3 is 0 Å². The molecule has 0 spiro atoms. The van der Waals surface area contributed by atoms with Crippen LogP contribution in [0.4, 0.5) is 21.8 Å². The highest BCUT2D eigenvalue weighted by Crippen LogP contribution is 2.27. The fourth-order valence-corrected chi connectivity index (χ4v) is 2.36. The predicted molar refractivity (Wildman–Crippen MR) is 101 cm³/mol. The molecule has 1 heterocycles. The molecule has 0 aliphatic carbocycles. The van der Waals surface area contributed by atoms with E-state index in [1.165, 1.54) is 12.1 Å². The number of aromatic nitrogens is 2. The summed E-state index contributed by atoms with van der Waals surface area (Å²) in [5, 5.41) is 6.40. The summed E-state index contributed by atoms with van der Waals surface area (Å²) in [5.74, 6) is 1.64. The Bertz CT molecular complexity index is 852. The molecule has 6 heteroatoms. The number of benzene rings is 2. The maximum Gasteiger partial charge on any atom is 0.229 e. The Balaban J connectivity index is 1.69. The first-order chi connectivity index (χ1) is 12.6. The van der Waals surface area contributed by atoms with E-state index in [2.05, 4.69) is 20.6 Å². The molecule has 134 valence electrons. The molecule has 0 amide bonds. The maximum absolute atomic E-state index is 13.0. The molecule has 2 N–H and O–H groups in total. The number of nitrogens with zero attached hydrogens (tertiary/aromatic N) is 2. The molecule has 3 rings (SSSR count). The Morgan fingerprint density at radius 2 is 1.81 bits per heavy atom. The first kappa shape index (κ1) is 17.7. The average Bonchev–Trinajstić information content (AvgIpc) is 2.63. The highest BCUT2D eigenvalue weighted by molar-refractivity contribution is 5.63. The van der Waals surface area contributed by atoms with Gasteiger partial charge in [-0.25, -0.2) is 9.37 Å². The van der Waals surface area contributed by atoms with Crippen molar-refractivity contribution < 1.29 is 9.13 Å². The molecule has 26 heavy (non-hydrogen) atoms. The second kappa shape index (κ2) is 8.29. The Morgan fingerprint density at radius 1 is 1.04 bits per heavy atom. The van der Waals surface area contributed by atoms with E-state index in [9.17, 15) is 4.39 Å². The van der Waals surface area contributed by atoms with Crippen LogP contribution in [-0.4, -0.2) is 16.1 Å². The van der Waals surface area contributed by atoms with Gasteiger partial charge in [0.05, 0.1) is 11.8 Å². The molecule has 3 aromatic rings. The summed E-state index contributed by atoms with van der Waals surface area (Å²) in [5.41, 5.74) is 1.77. The average molecular weight is 352 g/mol. The molecule has 0 fully saturated rings. The monoisotopic (exact) mass is 352 g/mol. The van der Waals surface area contributed by atoms with Crippen LogP contribution in [0, 0.1) is 5.82 Å². The van der Waals surface area contributed by atoms with E-state index < -0.39 is 0 Å². The SMILES string of the molecule is CC(C)Oc1ccccc1Nc1nccc(NCc2ccc(F)cc2)n1. The van der Waals surface area contributed by atoms with Crippen molar-refractivity contribution in [2.45, 2.75) is 26.5 Å². The summed E-state index contributed by atoms with van der Waals surface area (Å²) in [6, 6.07) is 15.8. The summed E-state index contributed by atoms with van der Waals surface area (Å²) in [7, 11) is 0. The fourth-order valence-electron chi connectivity index (χ4n) is 2.36. The molecule has 0 atom stereocenters. The van der Waals surface area contributed by atoms with Gasteiger partial charge in [-0.3, -0.25) is 0 Å². The first-order valence-electron chi connectivity index (χ1n) is 8.44. The molecule has 1 aromatic heterocycles. The lowest BCUT2D eigenvalue weighted by atomic mass is 10.2. The van der Waals surface area contributed by atoms with Crippen LogP contribution in [0.1, 0.15) is 19.4 Å². The van der Waals surface area contributed by atoms with E-state index >= 15 is 0 Å². The third-order valence-corrected chi connectivity index (χ3v) is 3.54. The second-order valence-corrected chi connectivity index (χ2v) is 6.03. The summed E-state index contributed by atoms with van der Waals surface area (Å²) in [6.45, 7) is 4.50. The van der Waals surface area contributed by atoms with Gasteiger partial charge in [-0.05, 0) is 49.7 Å². The van der Waals surface area contributed by atoms with Crippen molar-refractivity contribution in [3.05, 3.63) is 72.2 Å². The molecule has 5 nitrogen and oxygen atoms in total. The van der Waals surface area contributed by atoms with Crippen molar-refractivity contribution in [2.24, 2.45) is 0 Å². The molecule has 0 aliphatic rings. The van der Waals surface area contributed by atoms with Crippen molar-refractivity contribution >= 4 is 17.5 Å². The minimum absolute atomic E-state index is 0.0718. The quantitative estimate of drug-likeness (QED) is 0.642. The highest BCUT2D eigenvalue weighted by atomic mass is 19.1. The zero-order valence-electron chi connectivity index (χ0n) is 14.7. The van der Waals surface area contributed by atoms with Crippen LogP contribution < -0.4 is 15.4 Å². The van der Waals surface area contributed by atoms with E-state index in [0.29, 0.717) is 18.3 Å². The summed E-state index contributed by atoms with van der Waals surface area (Å²) >= 11 is 0. The second-order valence-electron chi connectivity index (χ2n) is 6.03. The zero-order valence-corrected chi connectivity index (χ0v) is 14.7. The molecule has 2 aromatic carbocycles. The van der Waals surface area contributed by atoms with Gasteiger partial charge in [-0.2, -0.15) is 4.98 Å². The first-order valence-corrected chi connectivity index (χ1v) is 8.44. The zero-order chi connectivity index (χ0) is 18.4. The van der Waals surface area contributed by atoms with Gasteiger partial charge in [0.2, 0.25) is 5.95 Å². The Hall–Kier alpha value is -3.15. The normalized spacial score (nSPS) is 10.6. The Morgan fingerprint density at radius 3 is 2.58 bits per heavy atom. The van der Waals surface area contributed by atoms with Crippen LogP contribution in [0.5, 0.6) is 5.75 Å². The number of para-hydroxylation sites is 2. The summed E-state index contributed by atoms with van der Waals surface area (Å²) < 4.78 is 18.8. The van der Waals surface area contributed by atoms with Crippen molar-refractivity contribution in [2.75, 3.05) is 10.6 Å². The molecule has 0 radical (unpaired) electrons. The van der Waals surface area contributed by atoms with E-state index in [1.54, 1.807) is 24.4 Å². The number of rotatable bonds is 7. The Kier molecular flexibility index (Phi) is 5.63. The molecule has 0 aliphatic heterocycles. The van der Waals surface area contributed by atoms with Crippen molar-refractivity contribution in [1.82, 2.24) is 9.97 Å².